The number of amides is 3. The molecule has 0 unspecified atom stereocenters. The first-order chi connectivity index (χ1) is 14.1. The number of carbonyl (C=O) groups excluding carboxylic acids is 2. The Labute approximate surface area is 169 Å². The van der Waals surface area contributed by atoms with Crippen LogP contribution in [0.5, 0.6) is 0 Å². The molecule has 152 valence electrons. The molecule has 3 rings (SSSR count). The molecule has 2 aromatic heterocycles. The molecule has 0 saturated carbocycles. The van der Waals surface area contributed by atoms with Crippen molar-refractivity contribution in [3.05, 3.63) is 66.1 Å². The molecule has 0 radical (unpaired) electrons. The number of hydrogen-bond acceptors (Lipinski definition) is 4. The van der Waals surface area contributed by atoms with E-state index in [2.05, 4.69) is 45.1 Å². The minimum Gasteiger partial charge on any atom is -0.372 e. The lowest BCUT2D eigenvalue weighted by molar-refractivity contribution is 0.0929. The van der Waals surface area contributed by atoms with E-state index < -0.39 is 11.9 Å². The molecule has 29 heavy (non-hydrogen) atoms. The van der Waals surface area contributed by atoms with Crippen LogP contribution in [-0.2, 0) is 0 Å². The highest BCUT2D eigenvalue weighted by atomic mass is 16.2. The normalized spacial score (nSPS) is 10.6. The van der Waals surface area contributed by atoms with Crippen molar-refractivity contribution in [3.8, 4) is 0 Å². The van der Waals surface area contributed by atoms with Crippen LogP contribution in [0.3, 0.4) is 0 Å². The number of rotatable bonds is 7. The summed E-state index contributed by atoms with van der Waals surface area (Å²) < 4.78 is 1.69. The summed E-state index contributed by atoms with van der Waals surface area (Å²) in [6.45, 7) is 6.08. The zero-order chi connectivity index (χ0) is 20.6. The number of nitrogens with one attached hydrogen (secondary N) is 3. The van der Waals surface area contributed by atoms with Crippen LogP contribution in [0.1, 0.15) is 29.5 Å². The number of aromatic nitrogens is 2. The van der Waals surface area contributed by atoms with Crippen LogP contribution >= 0.6 is 0 Å². The average molecular weight is 394 g/mol. The predicted molar refractivity (Wildman–Crippen MR) is 113 cm³/mol. The molecule has 0 aliphatic rings. The lowest BCUT2D eigenvalue weighted by Gasteiger charge is -2.23. The molecule has 3 N–H and O–H groups in total. The molecule has 3 aromatic rings. The van der Waals surface area contributed by atoms with Gasteiger partial charge >= 0.3 is 6.03 Å². The summed E-state index contributed by atoms with van der Waals surface area (Å²) in [5.74, 6) is -0.419. The summed E-state index contributed by atoms with van der Waals surface area (Å²) in [7, 11) is 0. The number of hydrogen-bond donors (Lipinski definition) is 3. The van der Waals surface area contributed by atoms with Gasteiger partial charge in [-0.15, -0.1) is 0 Å². The molecule has 0 aliphatic carbocycles. The zero-order valence-electron chi connectivity index (χ0n) is 16.7. The average Bonchev–Trinajstić information content (AvgIpc) is 3.08. The molecule has 3 amide bonds. The number of fused-ring (bicyclic) bond motifs is 1. The van der Waals surface area contributed by atoms with E-state index >= 15 is 0 Å². The molecule has 0 bridgehead atoms. The fourth-order valence-electron chi connectivity index (χ4n) is 3.18. The van der Waals surface area contributed by atoms with E-state index in [0.717, 1.165) is 25.2 Å². The quantitative estimate of drug-likeness (QED) is 0.424. The third-order valence-electron chi connectivity index (χ3n) is 4.60. The van der Waals surface area contributed by atoms with Crippen molar-refractivity contribution < 1.29 is 9.59 Å². The molecule has 0 aliphatic heterocycles. The smallest absolute Gasteiger partial charge is 0.333 e. The number of aryl methyl sites for hydroxylation is 1. The van der Waals surface area contributed by atoms with Gasteiger partial charge in [-0.2, -0.15) is 0 Å². The third kappa shape index (κ3) is 5.04. The first-order valence-corrected chi connectivity index (χ1v) is 9.68. The van der Waals surface area contributed by atoms with Gasteiger partial charge in [0.15, 0.2) is 0 Å². The molecule has 0 saturated heterocycles. The van der Waals surface area contributed by atoms with E-state index in [4.69, 9.17) is 0 Å². The number of para-hydroxylation sites is 1. The Hall–Kier alpha value is -3.55. The van der Waals surface area contributed by atoms with Crippen molar-refractivity contribution in [2.45, 2.75) is 20.3 Å². The Balaban J connectivity index is 1.43. The SMILES string of the molecule is CCN(CCCNC(=O)NNC(=O)c1c(C)nc2ccccn12)c1ccccc1. The number of benzene rings is 1. The minimum atomic E-state index is -0.451. The Kier molecular flexibility index (Phi) is 6.67. The lowest BCUT2D eigenvalue weighted by atomic mass is 10.2. The summed E-state index contributed by atoms with van der Waals surface area (Å²) >= 11 is 0. The Morgan fingerprint density at radius 1 is 1.07 bits per heavy atom. The number of urea groups is 1. The van der Waals surface area contributed by atoms with E-state index in [1.54, 1.807) is 17.5 Å². The number of hydrazine groups is 1. The van der Waals surface area contributed by atoms with Gasteiger partial charge in [-0.3, -0.25) is 14.6 Å². The van der Waals surface area contributed by atoms with Crippen molar-refractivity contribution in [1.29, 1.82) is 0 Å². The van der Waals surface area contributed by atoms with Gasteiger partial charge in [0.2, 0.25) is 0 Å². The van der Waals surface area contributed by atoms with Crippen LogP contribution in [0.15, 0.2) is 54.7 Å². The van der Waals surface area contributed by atoms with Crippen molar-refractivity contribution in [2.75, 3.05) is 24.5 Å². The molecule has 0 spiro atoms. The highest BCUT2D eigenvalue weighted by molar-refractivity contribution is 5.95. The molecular weight excluding hydrogens is 368 g/mol. The van der Waals surface area contributed by atoms with Crippen molar-refractivity contribution in [1.82, 2.24) is 25.6 Å². The second-order valence-electron chi connectivity index (χ2n) is 6.58. The second kappa shape index (κ2) is 9.59. The van der Waals surface area contributed by atoms with E-state index in [9.17, 15) is 9.59 Å². The highest BCUT2D eigenvalue weighted by Crippen LogP contribution is 2.13. The topological polar surface area (TPSA) is 90.8 Å². The van der Waals surface area contributed by atoms with Gasteiger partial charge in [0.05, 0.1) is 5.69 Å². The van der Waals surface area contributed by atoms with Gasteiger partial charge in [-0.25, -0.2) is 15.2 Å². The molecule has 8 nitrogen and oxygen atoms in total. The van der Waals surface area contributed by atoms with Crippen LogP contribution in [0, 0.1) is 6.92 Å². The molecular formula is C21H26N6O2. The second-order valence-corrected chi connectivity index (χ2v) is 6.58. The zero-order valence-corrected chi connectivity index (χ0v) is 16.7. The van der Waals surface area contributed by atoms with Gasteiger partial charge in [0.1, 0.15) is 11.3 Å². The number of imidazole rings is 1. The molecule has 2 heterocycles. The maximum Gasteiger partial charge on any atom is 0.333 e. The predicted octanol–water partition coefficient (Wildman–Crippen LogP) is 2.50. The third-order valence-corrected chi connectivity index (χ3v) is 4.60. The van der Waals surface area contributed by atoms with Crippen LogP contribution in [0.4, 0.5) is 10.5 Å². The van der Waals surface area contributed by atoms with Gasteiger partial charge in [-0.05, 0) is 44.5 Å². The summed E-state index contributed by atoms with van der Waals surface area (Å²) in [5, 5.41) is 2.75. The number of nitrogens with zero attached hydrogens (tertiary/aromatic N) is 3. The number of pyridine rings is 1. The molecule has 0 fully saturated rings. The Bertz CT molecular complexity index is 970. The van der Waals surface area contributed by atoms with E-state index in [1.165, 1.54) is 0 Å². The molecule has 1 aromatic carbocycles. The number of anilines is 1. The fraction of sp³-hybridized carbons (Fsp3) is 0.286. The fourth-order valence-corrected chi connectivity index (χ4v) is 3.18. The van der Waals surface area contributed by atoms with Crippen LogP contribution in [0.2, 0.25) is 0 Å². The summed E-state index contributed by atoms with van der Waals surface area (Å²) in [6.07, 6.45) is 2.55. The van der Waals surface area contributed by atoms with E-state index in [0.29, 0.717) is 23.6 Å². The van der Waals surface area contributed by atoms with E-state index in [1.807, 2.05) is 36.4 Å². The first kappa shape index (κ1) is 20.2. The maximum atomic E-state index is 12.4. The first-order valence-electron chi connectivity index (χ1n) is 9.68. The maximum absolute atomic E-state index is 12.4. The summed E-state index contributed by atoms with van der Waals surface area (Å²) in [6, 6.07) is 15.2. The monoisotopic (exact) mass is 394 g/mol. The molecule has 8 heteroatoms. The highest BCUT2D eigenvalue weighted by Gasteiger charge is 2.16. The molecule has 0 atom stereocenters. The largest absolute Gasteiger partial charge is 0.372 e. The van der Waals surface area contributed by atoms with Crippen LogP contribution in [-0.4, -0.2) is 41.0 Å². The van der Waals surface area contributed by atoms with Gasteiger partial charge < -0.3 is 10.2 Å². The standard InChI is InChI=1S/C21H26N6O2/c1-3-26(17-10-5-4-6-11-17)14-9-13-22-21(29)25-24-20(28)19-16(2)23-18-12-7-8-15-27(18)19/h4-8,10-12,15H,3,9,13-14H2,1-2H3,(H,24,28)(H2,22,25,29). The summed E-state index contributed by atoms with van der Waals surface area (Å²) in [5.41, 5.74) is 7.65. The Morgan fingerprint density at radius 3 is 2.59 bits per heavy atom. The van der Waals surface area contributed by atoms with Crippen molar-refractivity contribution in [3.63, 3.8) is 0 Å². The number of carbonyl (C=O) groups is 2. The van der Waals surface area contributed by atoms with Gasteiger partial charge in [0, 0.05) is 31.5 Å². The van der Waals surface area contributed by atoms with Crippen molar-refractivity contribution in [2.24, 2.45) is 0 Å². The Morgan fingerprint density at radius 2 is 1.83 bits per heavy atom. The van der Waals surface area contributed by atoms with Crippen LogP contribution < -0.4 is 21.1 Å². The van der Waals surface area contributed by atoms with Gasteiger partial charge in [0.25, 0.3) is 5.91 Å². The summed E-state index contributed by atoms with van der Waals surface area (Å²) in [4.78, 5) is 31.0. The van der Waals surface area contributed by atoms with Crippen molar-refractivity contribution >= 4 is 23.3 Å². The minimum absolute atomic E-state index is 0.391. The van der Waals surface area contributed by atoms with Gasteiger partial charge in [-0.1, -0.05) is 24.3 Å². The van der Waals surface area contributed by atoms with E-state index in [-0.39, 0.29) is 0 Å². The lowest BCUT2D eigenvalue weighted by Crippen LogP contribution is -2.47. The van der Waals surface area contributed by atoms with Crippen LogP contribution in [0.25, 0.3) is 5.65 Å².